The third-order valence-corrected chi connectivity index (χ3v) is 3.40. The van der Waals surface area contributed by atoms with Gasteiger partial charge in [0, 0.05) is 24.3 Å². The summed E-state index contributed by atoms with van der Waals surface area (Å²) in [6, 6.07) is 3.81. The van der Waals surface area contributed by atoms with E-state index in [0.717, 1.165) is 10.0 Å². The molecule has 3 nitrogen and oxygen atoms in total. The minimum atomic E-state index is -0.0561. The van der Waals surface area contributed by atoms with Crippen molar-refractivity contribution < 1.29 is 4.79 Å². The fraction of sp³-hybridized carbons (Fsp3) is 0.182. The van der Waals surface area contributed by atoms with E-state index in [9.17, 15) is 4.79 Å². The highest BCUT2D eigenvalue weighted by Crippen LogP contribution is 2.13. The molecular weight excluding hydrogens is 288 g/mol. The monoisotopic (exact) mass is 298 g/mol. The first kappa shape index (κ1) is 11.4. The Labute approximate surface area is 106 Å². The van der Waals surface area contributed by atoms with Gasteiger partial charge in [0.1, 0.15) is 5.69 Å². The zero-order valence-corrected chi connectivity index (χ0v) is 11.1. The molecule has 84 valence electrons. The van der Waals surface area contributed by atoms with Crippen molar-refractivity contribution in [3.05, 3.63) is 44.8 Å². The zero-order chi connectivity index (χ0) is 11.5. The van der Waals surface area contributed by atoms with Crippen molar-refractivity contribution in [3.8, 4) is 0 Å². The van der Waals surface area contributed by atoms with Crippen molar-refractivity contribution in [3.63, 3.8) is 0 Å². The van der Waals surface area contributed by atoms with Crippen LogP contribution in [0.4, 0.5) is 0 Å². The van der Waals surface area contributed by atoms with E-state index in [4.69, 9.17) is 0 Å². The molecule has 0 aliphatic rings. The highest BCUT2D eigenvalue weighted by Gasteiger charge is 2.10. The van der Waals surface area contributed by atoms with Gasteiger partial charge in [0.25, 0.3) is 5.91 Å². The Morgan fingerprint density at radius 1 is 1.62 bits per heavy atom. The number of carbonyl (C=O) groups is 1. The van der Waals surface area contributed by atoms with Crippen LogP contribution >= 0.6 is 27.3 Å². The van der Waals surface area contributed by atoms with Crippen LogP contribution < -0.4 is 5.32 Å². The normalized spacial score (nSPS) is 10.4. The molecule has 0 atom stereocenters. The Morgan fingerprint density at radius 3 is 3.00 bits per heavy atom. The predicted octanol–water partition coefficient (Wildman–Crippen LogP) is 2.78. The van der Waals surface area contributed by atoms with Gasteiger partial charge in [-0.05, 0) is 44.4 Å². The van der Waals surface area contributed by atoms with Gasteiger partial charge in [0.15, 0.2) is 0 Å². The summed E-state index contributed by atoms with van der Waals surface area (Å²) in [4.78, 5) is 11.8. The Morgan fingerprint density at radius 2 is 2.44 bits per heavy atom. The van der Waals surface area contributed by atoms with Gasteiger partial charge >= 0.3 is 0 Å². The van der Waals surface area contributed by atoms with E-state index in [2.05, 4.69) is 21.2 Å². The Hall–Kier alpha value is -1.07. The second-order valence-corrected chi connectivity index (χ2v) is 5.16. The van der Waals surface area contributed by atoms with Crippen molar-refractivity contribution in [2.75, 3.05) is 0 Å². The number of thiophene rings is 1. The summed E-state index contributed by atoms with van der Waals surface area (Å²) >= 11 is 4.97. The third-order valence-electron chi connectivity index (χ3n) is 2.24. The molecule has 0 saturated heterocycles. The standard InChI is InChI=1S/C11H11BrN2OS/c1-14-6-9(12)4-10(14)11(15)13-5-8-2-3-16-7-8/h2-4,6-7H,5H2,1H3,(H,13,15). The van der Waals surface area contributed by atoms with Gasteiger partial charge in [-0.25, -0.2) is 0 Å². The van der Waals surface area contributed by atoms with Crippen LogP contribution in [0.25, 0.3) is 0 Å². The first-order valence-electron chi connectivity index (χ1n) is 4.78. The Balaban J connectivity index is 2.01. The van der Waals surface area contributed by atoms with E-state index >= 15 is 0 Å². The van der Waals surface area contributed by atoms with E-state index in [0.29, 0.717) is 12.2 Å². The highest BCUT2D eigenvalue weighted by molar-refractivity contribution is 9.10. The highest BCUT2D eigenvalue weighted by atomic mass is 79.9. The number of nitrogens with one attached hydrogen (secondary N) is 1. The van der Waals surface area contributed by atoms with E-state index in [1.165, 1.54) is 0 Å². The number of nitrogens with zero attached hydrogens (tertiary/aromatic N) is 1. The third kappa shape index (κ3) is 2.54. The van der Waals surface area contributed by atoms with Crippen LogP contribution in [0, 0.1) is 0 Å². The first-order valence-corrected chi connectivity index (χ1v) is 6.51. The maximum Gasteiger partial charge on any atom is 0.268 e. The fourth-order valence-electron chi connectivity index (χ4n) is 1.42. The topological polar surface area (TPSA) is 34.0 Å². The summed E-state index contributed by atoms with van der Waals surface area (Å²) in [5.74, 6) is -0.0561. The van der Waals surface area contributed by atoms with E-state index in [1.807, 2.05) is 36.1 Å². The lowest BCUT2D eigenvalue weighted by Gasteiger charge is -2.04. The van der Waals surface area contributed by atoms with Gasteiger partial charge in [-0.3, -0.25) is 4.79 Å². The molecule has 0 aliphatic carbocycles. The van der Waals surface area contributed by atoms with Crippen molar-refractivity contribution in [2.24, 2.45) is 7.05 Å². The molecule has 2 rings (SSSR count). The average Bonchev–Trinajstić information content (AvgIpc) is 2.84. The van der Waals surface area contributed by atoms with Crippen LogP contribution in [0.1, 0.15) is 16.1 Å². The summed E-state index contributed by atoms with van der Waals surface area (Å²) < 4.78 is 2.71. The maximum atomic E-state index is 11.8. The molecule has 0 unspecified atom stereocenters. The quantitative estimate of drug-likeness (QED) is 0.929. The van der Waals surface area contributed by atoms with Gasteiger partial charge in [0.2, 0.25) is 0 Å². The molecule has 0 aliphatic heterocycles. The molecule has 2 heterocycles. The van der Waals surface area contributed by atoms with Gasteiger partial charge in [-0.1, -0.05) is 0 Å². The second-order valence-electron chi connectivity index (χ2n) is 3.47. The molecular formula is C11H11BrN2OS. The molecule has 0 aromatic carbocycles. The second kappa shape index (κ2) is 4.84. The number of hydrogen-bond donors (Lipinski definition) is 1. The number of aromatic nitrogens is 1. The number of rotatable bonds is 3. The molecule has 2 aromatic rings. The first-order chi connectivity index (χ1) is 7.66. The lowest BCUT2D eigenvalue weighted by molar-refractivity contribution is 0.0943. The number of halogens is 1. The zero-order valence-electron chi connectivity index (χ0n) is 8.74. The number of amides is 1. The van der Waals surface area contributed by atoms with Crippen LogP contribution in [0.3, 0.4) is 0 Å². The number of carbonyl (C=O) groups excluding carboxylic acids is 1. The summed E-state index contributed by atoms with van der Waals surface area (Å²) in [6.07, 6.45) is 1.86. The number of hydrogen-bond acceptors (Lipinski definition) is 2. The summed E-state index contributed by atoms with van der Waals surface area (Å²) in [7, 11) is 1.85. The molecule has 0 radical (unpaired) electrons. The van der Waals surface area contributed by atoms with Crippen LogP contribution in [0.5, 0.6) is 0 Å². The van der Waals surface area contributed by atoms with Gasteiger partial charge in [-0.2, -0.15) is 11.3 Å². The number of aryl methyl sites for hydroxylation is 1. The van der Waals surface area contributed by atoms with Crippen molar-refractivity contribution in [1.82, 2.24) is 9.88 Å². The van der Waals surface area contributed by atoms with Crippen molar-refractivity contribution in [2.45, 2.75) is 6.54 Å². The van der Waals surface area contributed by atoms with Gasteiger partial charge < -0.3 is 9.88 Å². The summed E-state index contributed by atoms with van der Waals surface area (Å²) in [6.45, 7) is 0.575. The smallest absolute Gasteiger partial charge is 0.268 e. The Kier molecular flexibility index (Phi) is 3.46. The molecule has 0 spiro atoms. The molecule has 5 heteroatoms. The van der Waals surface area contributed by atoms with Crippen LogP contribution in [-0.2, 0) is 13.6 Å². The Bertz CT molecular complexity index is 490. The largest absolute Gasteiger partial charge is 0.347 e. The summed E-state index contributed by atoms with van der Waals surface area (Å²) in [5, 5.41) is 6.91. The van der Waals surface area contributed by atoms with Gasteiger partial charge in [-0.15, -0.1) is 0 Å². The molecule has 0 saturated carbocycles. The van der Waals surface area contributed by atoms with Crippen molar-refractivity contribution >= 4 is 33.2 Å². The van der Waals surface area contributed by atoms with Gasteiger partial charge in [0.05, 0.1) is 0 Å². The van der Waals surface area contributed by atoms with E-state index in [-0.39, 0.29) is 5.91 Å². The molecule has 1 N–H and O–H groups in total. The molecule has 16 heavy (non-hydrogen) atoms. The van der Waals surface area contributed by atoms with Crippen molar-refractivity contribution in [1.29, 1.82) is 0 Å². The molecule has 0 fully saturated rings. The molecule has 0 bridgehead atoms. The lowest BCUT2D eigenvalue weighted by Crippen LogP contribution is -2.24. The molecule has 1 amide bonds. The lowest BCUT2D eigenvalue weighted by atomic mass is 10.3. The average molecular weight is 299 g/mol. The van der Waals surface area contributed by atoms with Crippen LogP contribution in [-0.4, -0.2) is 10.5 Å². The predicted molar refractivity (Wildman–Crippen MR) is 68.6 cm³/mol. The summed E-state index contributed by atoms with van der Waals surface area (Å²) in [5.41, 5.74) is 1.79. The fourth-order valence-corrected chi connectivity index (χ4v) is 2.61. The molecule has 2 aromatic heterocycles. The van der Waals surface area contributed by atoms with E-state index < -0.39 is 0 Å². The minimum Gasteiger partial charge on any atom is -0.347 e. The van der Waals surface area contributed by atoms with Crippen LogP contribution in [0.15, 0.2) is 33.6 Å². The maximum absolute atomic E-state index is 11.8. The van der Waals surface area contributed by atoms with Crippen LogP contribution in [0.2, 0.25) is 0 Å². The van der Waals surface area contributed by atoms with E-state index in [1.54, 1.807) is 15.9 Å². The minimum absolute atomic E-state index is 0.0561. The SMILES string of the molecule is Cn1cc(Br)cc1C(=O)NCc1ccsc1.